The minimum absolute atomic E-state index is 0.0552. The molecule has 0 atom stereocenters. The largest absolute Gasteiger partial charge is 0.501 e. The molecule has 2 aliphatic heterocycles. The van der Waals surface area contributed by atoms with Gasteiger partial charge in [0, 0.05) is 27.2 Å². The first-order chi connectivity index (χ1) is 17.6. The predicted molar refractivity (Wildman–Crippen MR) is 130 cm³/mol. The van der Waals surface area contributed by atoms with E-state index in [1.807, 2.05) is 0 Å². The fourth-order valence-electron chi connectivity index (χ4n) is 5.40. The van der Waals surface area contributed by atoms with Crippen LogP contribution in [0.3, 0.4) is 0 Å². The molecule has 10 nitrogen and oxygen atoms in total. The number of halogens is 1. The van der Waals surface area contributed by atoms with Gasteiger partial charge in [-0.1, -0.05) is 12.1 Å². The van der Waals surface area contributed by atoms with E-state index in [-0.39, 0.29) is 30.0 Å². The van der Waals surface area contributed by atoms with Crippen molar-refractivity contribution in [3.8, 4) is 5.75 Å². The van der Waals surface area contributed by atoms with Crippen LogP contribution in [0.5, 0.6) is 5.75 Å². The van der Waals surface area contributed by atoms with E-state index in [2.05, 4.69) is 15.6 Å². The zero-order chi connectivity index (χ0) is 26.5. The van der Waals surface area contributed by atoms with Crippen molar-refractivity contribution in [2.45, 2.75) is 63.1 Å². The Morgan fingerprint density at radius 1 is 1.19 bits per heavy atom. The van der Waals surface area contributed by atoms with E-state index in [1.54, 1.807) is 12.1 Å². The van der Waals surface area contributed by atoms with Crippen LogP contribution in [0.15, 0.2) is 23.0 Å². The average molecular weight is 512 g/mol. The molecule has 2 aromatic rings. The van der Waals surface area contributed by atoms with Crippen LogP contribution in [0.1, 0.15) is 71.9 Å². The molecular weight excluding hydrogens is 481 g/mol. The van der Waals surface area contributed by atoms with Crippen LogP contribution in [0, 0.1) is 11.7 Å². The predicted octanol–water partition coefficient (Wildman–Crippen LogP) is 1.50. The number of rotatable bonds is 5. The molecule has 0 spiro atoms. The topological polar surface area (TPSA) is 134 Å². The Morgan fingerprint density at radius 2 is 1.89 bits per heavy atom. The second-order valence-electron chi connectivity index (χ2n) is 10.5. The van der Waals surface area contributed by atoms with Crippen LogP contribution in [-0.4, -0.2) is 51.4 Å². The summed E-state index contributed by atoms with van der Waals surface area (Å²) in [5.41, 5.74) is -1.02. The standard InChI is InChI=1S/C26H30FN5O5/c1-31(2)24(37)22(35)30-26-9-7-14(8-10-26)13-32-23(36)20(33)19(29-25(26)32)21(34)28-12-15-3-6-18(27)17(11-15)16-4-5-16/h3,6,11,14,16,33H,4-5,7-10,12-13H2,1-2H3,(H,28,34)(H,30,35). The highest BCUT2D eigenvalue weighted by atomic mass is 19.1. The van der Waals surface area contributed by atoms with Gasteiger partial charge in [0.25, 0.3) is 11.5 Å². The zero-order valence-electron chi connectivity index (χ0n) is 20.8. The summed E-state index contributed by atoms with van der Waals surface area (Å²) in [4.78, 5) is 56.9. The van der Waals surface area contributed by atoms with E-state index in [4.69, 9.17) is 0 Å². The number of aromatic nitrogens is 2. The normalized spacial score (nSPS) is 22.1. The van der Waals surface area contributed by atoms with Gasteiger partial charge in [-0.05, 0) is 67.6 Å². The number of aromatic hydroxyl groups is 1. The van der Waals surface area contributed by atoms with Gasteiger partial charge in [0.2, 0.25) is 5.75 Å². The first-order valence-electron chi connectivity index (χ1n) is 12.5. The second kappa shape index (κ2) is 9.28. The monoisotopic (exact) mass is 511 g/mol. The number of nitrogens with one attached hydrogen (secondary N) is 2. The summed E-state index contributed by atoms with van der Waals surface area (Å²) >= 11 is 0. The number of carbonyl (C=O) groups is 3. The molecule has 0 saturated heterocycles. The third-order valence-electron chi connectivity index (χ3n) is 7.67. The van der Waals surface area contributed by atoms with Gasteiger partial charge < -0.3 is 20.6 Å². The summed E-state index contributed by atoms with van der Waals surface area (Å²) in [5, 5.41) is 16.1. The van der Waals surface area contributed by atoms with Crippen LogP contribution < -0.4 is 16.2 Å². The van der Waals surface area contributed by atoms with Gasteiger partial charge in [0.1, 0.15) is 11.6 Å². The molecular formula is C26H30FN5O5. The van der Waals surface area contributed by atoms with Gasteiger partial charge in [-0.25, -0.2) is 9.37 Å². The quantitative estimate of drug-likeness (QED) is 0.521. The first kappa shape index (κ1) is 24.9. The molecule has 2 fully saturated rings. The summed E-state index contributed by atoms with van der Waals surface area (Å²) in [7, 11) is 2.94. The Balaban J connectivity index is 1.46. The van der Waals surface area contributed by atoms with Crippen molar-refractivity contribution in [2.75, 3.05) is 14.1 Å². The summed E-state index contributed by atoms with van der Waals surface area (Å²) in [6.07, 6.45) is 4.14. The molecule has 2 bridgehead atoms. The number of nitrogens with zero attached hydrogens (tertiary/aromatic N) is 3. The highest BCUT2D eigenvalue weighted by molar-refractivity contribution is 6.35. The highest BCUT2D eigenvalue weighted by Crippen LogP contribution is 2.43. The highest BCUT2D eigenvalue weighted by Gasteiger charge is 2.46. The van der Waals surface area contributed by atoms with Crippen LogP contribution in [-0.2, 0) is 28.2 Å². The lowest BCUT2D eigenvalue weighted by Crippen LogP contribution is -2.53. The van der Waals surface area contributed by atoms with Crippen molar-refractivity contribution in [3.05, 3.63) is 57.0 Å². The molecule has 11 heteroatoms. The maximum atomic E-state index is 14.1. The van der Waals surface area contributed by atoms with E-state index in [0.29, 0.717) is 43.4 Å². The van der Waals surface area contributed by atoms with Gasteiger partial charge in [-0.15, -0.1) is 0 Å². The van der Waals surface area contributed by atoms with Gasteiger partial charge >= 0.3 is 11.8 Å². The Kier molecular flexibility index (Phi) is 6.25. The Labute approximate surface area is 212 Å². The van der Waals surface area contributed by atoms with Gasteiger partial charge in [-0.3, -0.25) is 23.7 Å². The molecule has 0 unspecified atom stereocenters. The van der Waals surface area contributed by atoms with E-state index in [9.17, 15) is 28.7 Å². The van der Waals surface area contributed by atoms with Gasteiger partial charge in [-0.2, -0.15) is 0 Å². The van der Waals surface area contributed by atoms with E-state index in [1.165, 1.54) is 24.7 Å². The number of fused-ring (bicyclic) bond motifs is 2. The molecule has 196 valence electrons. The maximum Gasteiger partial charge on any atom is 0.311 e. The van der Waals surface area contributed by atoms with E-state index in [0.717, 1.165) is 17.7 Å². The Bertz CT molecular complexity index is 1340. The number of hydrogen-bond donors (Lipinski definition) is 3. The molecule has 1 aromatic carbocycles. The van der Waals surface area contributed by atoms with E-state index >= 15 is 0 Å². The van der Waals surface area contributed by atoms with Crippen molar-refractivity contribution < 1.29 is 23.9 Å². The van der Waals surface area contributed by atoms with Crippen molar-refractivity contribution in [1.29, 1.82) is 0 Å². The number of benzene rings is 1. The number of carbonyl (C=O) groups excluding carboxylic acids is 3. The molecule has 2 aliphatic carbocycles. The van der Waals surface area contributed by atoms with Crippen molar-refractivity contribution in [3.63, 3.8) is 0 Å². The second-order valence-corrected chi connectivity index (χ2v) is 10.5. The molecule has 0 radical (unpaired) electrons. The van der Waals surface area contributed by atoms with Crippen molar-refractivity contribution >= 4 is 17.7 Å². The lowest BCUT2D eigenvalue weighted by atomic mass is 9.77. The maximum absolute atomic E-state index is 14.1. The zero-order valence-corrected chi connectivity index (χ0v) is 20.8. The molecule has 3 amide bonds. The van der Waals surface area contributed by atoms with Crippen LogP contribution in [0.25, 0.3) is 0 Å². The smallest absolute Gasteiger partial charge is 0.311 e. The minimum atomic E-state index is -1.12. The summed E-state index contributed by atoms with van der Waals surface area (Å²) in [6.45, 7) is 0.356. The third-order valence-corrected chi connectivity index (χ3v) is 7.67. The van der Waals surface area contributed by atoms with Crippen LogP contribution in [0.2, 0.25) is 0 Å². The minimum Gasteiger partial charge on any atom is -0.501 e. The SMILES string of the molecule is CN(C)C(=O)C(=O)NC12CCC(CC1)Cn1c2nc(C(=O)NCc2ccc(F)c(C3CC3)c2)c(O)c1=O. The fraction of sp³-hybridized carbons (Fsp3) is 0.500. The van der Waals surface area contributed by atoms with Crippen molar-refractivity contribution in [2.24, 2.45) is 5.92 Å². The number of hydrogen-bond acceptors (Lipinski definition) is 6. The van der Waals surface area contributed by atoms with Crippen LogP contribution in [0.4, 0.5) is 4.39 Å². The van der Waals surface area contributed by atoms with Crippen molar-refractivity contribution in [1.82, 2.24) is 25.1 Å². The average Bonchev–Trinajstić information content (AvgIpc) is 3.73. The molecule has 3 heterocycles. The molecule has 2 saturated carbocycles. The molecule has 6 rings (SSSR count). The summed E-state index contributed by atoms with van der Waals surface area (Å²) in [6, 6.07) is 4.67. The molecule has 4 aliphatic rings. The van der Waals surface area contributed by atoms with Crippen LogP contribution >= 0.6 is 0 Å². The van der Waals surface area contributed by atoms with E-state index < -0.39 is 40.3 Å². The molecule has 1 aromatic heterocycles. The summed E-state index contributed by atoms with van der Waals surface area (Å²) < 4.78 is 15.4. The lowest BCUT2D eigenvalue weighted by molar-refractivity contribution is -0.145. The fourth-order valence-corrected chi connectivity index (χ4v) is 5.40. The van der Waals surface area contributed by atoms with Gasteiger partial charge in [0.15, 0.2) is 5.69 Å². The number of likely N-dealkylation sites (N-methyl/N-ethyl adjacent to an activating group) is 1. The Morgan fingerprint density at radius 3 is 2.54 bits per heavy atom. The lowest BCUT2D eigenvalue weighted by Gasteiger charge is -2.37. The Hall–Kier alpha value is -3.76. The summed E-state index contributed by atoms with van der Waals surface area (Å²) in [5.74, 6) is -2.86. The van der Waals surface area contributed by atoms with Gasteiger partial charge in [0.05, 0.1) is 5.54 Å². The number of amides is 3. The molecule has 3 N–H and O–H groups in total. The molecule has 37 heavy (non-hydrogen) atoms. The third kappa shape index (κ3) is 4.58. The first-order valence-corrected chi connectivity index (χ1v) is 12.5.